The molecule has 2 fully saturated rings. The molecule has 3 heterocycles. The predicted molar refractivity (Wildman–Crippen MR) is 98.9 cm³/mol. The van der Waals surface area contributed by atoms with Gasteiger partial charge in [0.1, 0.15) is 0 Å². The molecule has 2 atom stereocenters. The average Bonchev–Trinajstić information content (AvgIpc) is 3.24. The Morgan fingerprint density at radius 2 is 2.00 bits per heavy atom. The van der Waals surface area contributed by atoms with Crippen LogP contribution in [0, 0.1) is 0 Å². The predicted octanol–water partition coefficient (Wildman–Crippen LogP) is 0.788. The van der Waals surface area contributed by atoms with Crippen molar-refractivity contribution in [1.82, 2.24) is 20.0 Å². The van der Waals surface area contributed by atoms with Crippen LogP contribution in [0.2, 0.25) is 0 Å². The van der Waals surface area contributed by atoms with Crippen molar-refractivity contribution in [1.29, 1.82) is 0 Å². The number of sulfone groups is 1. The topological polar surface area (TPSA) is 86.4 Å². The van der Waals surface area contributed by atoms with Gasteiger partial charge in [-0.05, 0) is 33.1 Å². The summed E-state index contributed by atoms with van der Waals surface area (Å²) < 4.78 is 24.6. The molecule has 0 bridgehead atoms. The third-order valence-corrected chi connectivity index (χ3v) is 7.49. The van der Waals surface area contributed by atoms with Gasteiger partial charge in [-0.2, -0.15) is 5.10 Å². The van der Waals surface area contributed by atoms with Crippen LogP contribution in [0.15, 0.2) is 11.6 Å². The molecule has 2 aliphatic heterocycles. The molecule has 142 valence electrons. The van der Waals surface area contributed by atoms with Gasteiger partial charge in [0.05, 0.1) is 17.5 Å². The second-order valence-electron chi connectivity index (χ2n) is 7.87. The summed E-state index contributed by atoms with van der Waals surface area (Å²) >= 11 is 0. The van der Waals surface area contributed by atoms with Gasteiger partial charge >= 0.3 is 0 Å². The number of aromatic nitrogens is 2. The largest absolute Gasteiger partial charge is 0.330 e. The van der Waals surface area contributed by atoms with Gasteiger partial charge in [-0.25, -0.2) is 8.42 Å². The van der Waals surface area contributed by atoms with Gasteiger partial charge in [-0.1, -0.05) is 11.6 Å². The van der Waals surface area contributed by atoms with Crippen LogP contribution in [0.4, 0.5) is 0 Å². The Labute approximate surface area is 154 Å². The van der Waals surface area contributed by atoms with E-state index in [1.54, 1.807) is 4.90 Å². The summed E-state index contributed by atoms with van der Waals surface area (Å²) in [6.07, 6.45) is 4.98. The number of aromatic amines is 1. The first-order valence-electron chi connectivity index (χ1n) is 9.30. The quantitative estimate of drug-likeness (QED) is 0.786. The van der Waals surface area contributed by atoms with E-state index >= 15 is 0 Å². The van der Waals surface area contributed by atoms with Crippen molar-refractivity contribution in [2.24, 2.45) is 0 Å². The molecule has 3 aliphatic rings. The number of nitrogens with zero attached hydrogens (tertiary/aromatic N) is 3. The van der Waals surface area contributed by atoms with Crippen LogP contribution in [0.1, 0.15) is 42.0 Å². The summed E-state index contributed by atoms with van der Waals surface area (Å²) in [4.78, 5) is 17.1. The number of carbonyl (C=O) groups is 1. The lowest BCUT2D eigenvalue weighted by molar-refractivity contribution is 0.0362. The first kappa shape index (κ1) is 17.7. The molecule has 1 aromatic rings. The molecule has 0 spiro atoms. The van der Waals surface area contributed by atoms with Gasteiger partial charge in [0.25, 0.3) is 5.91 Å². The van der Waals surface area contributed by atoms with E-state index in [9.17, 15) is 13.2 Å². The number of amides is 1. The lowest BCUT2D eigenvalue weighted by Crippen LogP contribution is -2.60. The molecule has 1 N–H and O–H groups in total. The maximum absolute atomic E-state index is 13.2. The Bertz CT molecular complexity index is 854. The lowest BCUT2D eigenvalue weighted by Gasteiger charge is -2.43. The van der Waals surface area contributed by atoms with Gasteiger partial charge in [0, 0.05) is 36.9 Å². The number of carbonyl (C=O) groups excluding carboxylic acids is 1. The normalized spacial score (nSPS) is 27.2. The highest BCUT2D eigenvalue weighted by molar-refractivity contribution is 7.91. The van der Waals surface area contributed by atoms with Crippen LogP contribution in [-0.2, 0) is 22.7 Å². The van der Waals surface area contributed by atoms with E-state index in [0.717, 1.165) is 37.1 Å². The summed E-state index contributed by atoms with van der Waals surface area (Å²) in [5.74, 6) is 0.0799. The van der Waals surface area contributed by atoms with Crippen molar-refractivity contribution < 1.29 is 13.2 Å². The first-order valence-corrected chi connectivity index (χ1v) is 11.1. The second kappa shape index (κ2) is 6.49. The molecule has 2 saturated heterocycles. The number of aryl methyl sites for hydroxylation is 1. The summed E-state index contributed by atoms with van der Waals surface area (Å²) in [5.41, 5.74) is 3.80. The van der Waals surface area contributed by atoms with Crippen molar-refractivity contribution in [2.45, 2.75) is 45.2 Å². The standard InChI is InChI=1S/C18H26N4O3S/c1-12(2)6-7-21-8-9-22(16-11-26(24,25)10-15(16)21)18(23)17-13-4-3-5-14(13)19-20-17/h6,15-16H,3-5,7-11H2,1-2H3,(H,19,20). The van der Waals surface area contributed by atoms with Crippen LogP contribution < -0.4 is 0 Å². The lowest BCUT2D eigenvalue weighted by atomic mass is 10.0. The van der Waals surface area contributed by atoms with E-state index in [1.807, 2.05) is 13.8 Å². The molecule has 1 aromatic heterocycles. The van der Waals surface area contributed by atoms with Gasteiger partial charge in [-0.15, -0.1) is 0 Å². The summed E-state index contributed by atoms with van der Waals surface area (Å²) in [6.45, 7) is 6.06. The average molecular weight is 378 g/mol. The Balaban J connectivity index is 1.60. The fraction of sp³-hybridized carbons (Fsp3) is 0.667. The molecular formula is C18H26N4O3S. The highest BCUT2D eigenvalue weighted by Gasteiger charge is 2.48. The zero-order chi connectivity index (χ0) is 18.5. The monoisotopic (exact) mass is 378 g/mol. The first-order chi connectivity index (χ1) is 12.4. The molecular weight excluding hydrogens is 352 g/mol. The zero-order valence-electron chi connectivity index (χ0n) is 15.4. The highest BCUT2D eigenvalue weighted by atomic mass is 32.2. The van der Waals surface area contributed by atoms with E-state index in [4.69, 9.17) is 0 Å². The van der Waals surface area contributed by atoms with Gasteiger partial charge in [-0.3, -0.25) is 14.8 Å². The molecule has 2 unspecified atom stereocenters. The van der Waals surface area contributed by atoms with E-state index < -0.39 is 9.84 Å². The number of fused-ring (bicyclic) bond motifs is 2. The molecule has 26 heavy (non-hydrogen) atoms. The fourth-order valence-corrected chi connectivity index (χ4v) is 6.45. The number of piperazine rings is 1. The summed E-state index contributed by atoms with van der Waals surface area (Å²) in [7, 11) is -3.13. The second-order valence-corrected chi connectivity index (χ2v) is 10.0. The third-order valence-electron chi connectivity index (χ3n) is 5.79. The van der Waals surface area contributed by atoms with Crippen LogP contribution >= 0.6 is 0 Å². The number of nitrogens with one attached hydrogen (secondary N) is 1. The van der Waals surface area contributed by atoms with Gasteiger partial charge in [0.15, 0.2) is 15.5 Å². The summed E-state index contributed by atoms with van der Waals surface area (Å²) in [5, 5.41) is 7.24. The Kier molecular flexibility index (Phi) is 4.43. The van der Waals surface area contributed by atoms with Crippen LogP contribution in [0.3, 0.4) is 0 Å². The Hall–Kier alpha value is -1.67. The van der Waals surface area contributed by atoms with Crippen molar-refractivity contribution in [3.63, 3.8) is 0 Å². The SMILES string of the molecule is CC(C)=CCN1CCN(C(=O)c2n[nH]c3c2CCC3)C2CS(=O)(=O)CC21. The molecule has 4 rings (SSSR count). The van der Waals surface area contributed by atoms with E-state index in [0.29, 0.717) is 18.8 Å². The van der Waals surface area contributed by atoms with Crippen molar-refractivity contribution in [2.75, 3.05) is 31.1 Å². The minimum absolute atomic E-state index is 0.0569. The van der Waals surface area contributed by atoms with Gasteiger partial charge < -0.3 is 4.90 Å². The minimum Gasteiger partial charge on any atom is -0.330 e. The van der Waals surface area contributed by atoms with Crippen molar-refractivity contribution in [3.8, 4) is 0 Å². The van der Waals surface area contributed by atoms with E-state index in [-0.39, 0.29) is 29.5 Å². The number of rotatable bonds is 3. The third kappa shape index (κ3) is 3.09. The molecule has 1 aliphatic carbocycles. The Morgan fingerprint density at radius 3 is 2.77 bits per heavy atom. The fourth-order valence-electron chi connectivity index (χ4n) is 4.44. The van der Waals surface area contributed by atoms with E-state index in [1.165, 1.54) is 5.57 Å². The van der Waals surface area contributed by atoms with Crippen LogP contribution in [-0.4, -0.2) is 77.5 Å². The molecule has 0 radical (unpaired) electrons. The maximum atomic E-state index is 13.2. The molecule has 0 aromatic carbocycles. The summed E-state index contributed by atoms with van der Waals surface area (Å²) in [6, 6.07) is -0.402. The number of hydrogen-bond acceptors (Lipinski definition) is 5. The highest BCUT2D eigenvalue weighted by Crippen LogP contribution is 2.30. The smallest absolute Gasteiger partial charge is 0.275 e. The molecule has 8 heteroatoms. The van der Waals surface area contributed by atoms with E-state index in [2.05, 4.69) is 21.2 Å². The Morgan fingerprint density at radius 1 is 1.23 bits per heavy atom. The van der Waals surface area contributed by atoms with Crippen molar-refractivity contribution >= 4 is 15.7 Å². The van der Waals surface area contributed by atoms with Crippen LogP contribution in [0.25, 0.3) is 0 Å². The maximum Gasteiger partial charge on any atom is 0.275 e. The van der Waals surface area contributed by atoms with Gasteiger partial charge in [0.2, 0.25) is 0 Å². The van der Waals surface area contributed by atoms with Crippen molar-refractivity contribution in [3.05, 3.63) is 28.6 Å². The van der Waals surface area contributed by atoms with Crippen LogP contribution in [0.5, 0.6) is 0 Å². The number of H-pyrrole nitrogens is 1. The molecule has 7 nitrogen and oxygen atoms in total. The number of allylic oxidation sites excluding steroid dienone is 1. The zero-order valence-corrected chi connectivity index (χ0v) is 16.2. The molecule has 0 saturated carbocycles. The molecule has 1 amide bonds. The number of hydrogen-bond donors (Lipinski definition) is 1. The minimum atomic E-state index is -3.13.